The van der Waals surface area contributed by atoms with Crippen molar-refractivity contribution in [3.63, 3.8) is 0 Å². The van der Waals surface area contributed by atoms with Crippen LogP contribution in [0.2, 0.25) is 0 Å². The second kappa shape index (κ2) is 5.10. The van der Waals surface area contributed by atoms with Gasteiger partial charge in [-0.2, -0.15) is 5.10 Å². The number of nitrogens with zero attached hydrogens (tertiary/aromatic N) is 3. The number of rotatable bonds is 3. The number of hydrogen-bond acceptors (Lipinski definition) is 3. The van der Waals surface area contributed by atoms with E-state index >= 15 is 0 Å². The Morgan fingerprint density at radius 2 is 2.22 bits per heavy atom. The molecular weight excluding hydrogens is 230 g/mol. The third kappa shape index (κ3) is 2.56. The Morgan fingerprint density at radius 1 is 1.50 bits per heavy atom. The fourth-order valence-corrected chi connectivity index (χ4v) is 2.53. The number of aromatic carboxylic acids is 1. The Labute approximate surface area is 107 Å². The van der Waals surface area contributed by atoms with Gasteiger partial charge in [0.2, 0.25) is 0 Å². The first kappa shape index (κ1) is 13.1. The molecule has 2 unspecified atom stereocenters. The SMILES string of the molecule is CC1CCN(Cc2c(C(=O)O)cnn2C)CC1C. The van der Waals surface area contributed by atoms with E-state index in [9.17, 15) is 4.79 Å². The summed E-state index contributed by atoms with van der Waals surface area (Å²) in [5, 5.41) is 13.2. The molecule has 2 heterocycles. The second-order valence-corrected chi connectivity index (χ2v) is 5.41. The maximum absolute atomic E-state index is 11.1. The molecule has 1 saturated heterocycles. The van der Waals surface area contributed by atoms with Crippen LogP contribution in [0.5, 0.6) is 0 Å². The fourth-order valence-electron chi connectivity index (χ4n) is 2.53. The zero-order chi connectivity index (χ0) is 13.3. The minimum Gasteiger partial charge on any atom is -0.478 e. The highest BCUT2D eigenvalue weighted by molar-refractivity contribution is 5.88. The van der Waals surface area contributed by atoms with Crippen LogP contribution in [0.15, 0.2) is 6.20 Å². The molecule has 1 aliphatic heterocycles. The van der Waals surface area contributed by atoms with E-state index < -0.39 is 5.97 Å². The first-order valence-electron chi connectivity index (χ1n) is 6.45. The van der Waals surface area contributed by atoms with Gasteiger partial charge in [0.25, 0.3) is 0 Å². The average Bonchev–Trinajstić information content (AvgIpc) is 2.66. The van der Waals surface area contributed by atoms with Crippen molar-refractivity contribution in [2.24, 2.45) is 18.9 Å². The van der Waals surface area contributed by atoms with Crippen molar-refractivity contribution in [1.29, 1.82) is 0 Å². The van der Waals surface area contributed by atoms with Gasteiger partial charge in [0.05, 0.1) is 11.9 Å². The molecular formula is C13H21N3O2. The van der Waals surface area contributed by atoms with Gasteiger partial charge in [-0.1, -0.05) is 13.8 Å². The topological polar surface area (TPSA) is 58.4 Å². The van der Waals surface area contributed by atoms with Crippen LogP contribution in [-0.4, -0.2) is 38.8 Å². The zero-order valence-corrected chi connectivity index (χ0v) is 11.3. The molecule has 0 saturated carbocycles. The molecule has 100 valence electrons. The molecule has 18 heavy (non-hydrogen) atoms. The molecule has 0 aromatic carbocycles. The van der Waals surface area contributed by atoms with E-state index in [1.54, 1.807) is 11.7 Å². The first-order valence-corrected chi connectivity index (χ1v) is 6.45. The molecule has 0 radical (unpaired) electrons. The van der Waals surface area contributed by atoms with Crippen molar-refractivity contribution in [2.75, 3.05) is 13.1 Å². The van der Waals surface area contributed by atoms with Gasteiger partial charge in [0, 0.05) is 20.1 Å². The highest BCUT2D eigenvalue weighted by Gasteiger charge is 2.25. The summed E-state index contributed by atoms with van der Waals surface area (Å²) in [6.07, 6.45) is 2.62. The Kier molecular flexibility index (Phi) is 3.71. The van der Waals surface area contributed by atoms with E-state index in [-0.39, 0.29) is 0 Å². The summed E-state index contributed by atoms with van der Waals surface area (Å²) < 4.78 is 1.67. The molecule has 0 spiro atoms. The summed E-state index contributed by atoms with van der Waals surface area (Å²) in [4.78, 5) is 13.4. The van der Waals surface area contributed by atoms with Crippen LogP contribution in [-0.2, 0) is 13.6 Å². The molecule has 5 nitrogen and oxygen atoms in total. The van der Waals surface area contributed by atoms with Crippen molar-refractivity contribution >= 4 is 5.97 Å². The molecule has 5 heteroatoms. The highest BCUT2D eigenvalue weighted by atomic mass is 16.4. The van der Waals surface area contributed by atoms with Crippen LogP contribution in [0.1, 0.15) is 36.3 Å². The van der Waals surface area contributed by atoms with Gasteiger partial charge in [-0.3, -0.25) is 9.58 Å². The fraction of sp³-hybridized carbons (Fsp3) is 0.692. The summed E-state index contributed by atoms with van der Waals surface area (Å²) in [5.41, 5.74) is 1.12. The standard InChI is InChI=1S/C13H21N3O2/c1-9-4-5-16(7-10(9)2)8-12-11(13(17)18)6-14-15(12)3/h6,9-10H,4-5,7-8H2,1-3H3,(H,17,18). The molecule has 2 atom stereocenters. The maximum Gasteiger partial charge on any atom is 0.339 e. The van der Waals surface area contributed by atoms with E-state index in [4.69, 9.17) is 5.11 Å². The number of hydrogen-bond donors (Lipinski definition) is 1. The summed E-state index contributed by atoms with van der Waals surface area (Å²) >= 11 is 0. The van der Waals surface area contributed by atoms with Crippen molar-refractivity contribution in [3.8, 4) is 0 Å². The van der Waals surface area contributed by atoms with E-state index in [0.717, 1.165) is 24.7 Å². The summed E-state index contributed by atoms with van der Waals surface area (Å²) in [5.74, 6) is 0.531. The minimum atomic E-state index is -0.892. The van der Waals surface area contributed by atoms with Gasteiger partial charge in [-0.05, 0) is 24.8 Å². The lowest BCUT2D eigenvalue weighted by atomic mass is 9.88. The average molecular weight is 251 g/mol. The van der Waals surface area contributed by atoms with Crippen LogP contribution in [0.3, 0.4) is 0 Å². The maximum atomic E-state index is 11.1. The molecule has 2 rings (SSSR count). The van der Waals surface area contributed by atoms with Gasteiger partial charge in [-0.25, -0.2) is 4.79 Å². The molecule has 0 bridgehead atoms. The normalized spacial score (nSPS) is 25.3. The van der Waals surface area contributed by atoms with Crippen molar-refractivity contribution < 1.29 is 9.90 Å². The third-order valence-corrected chi connectivity index (χ3v) is 4.08. The largest absolute Gasteiger partial charge is 0.478 e. The minimum absolute atomic E-state index is 0.323. The number of piperidine rings is 1. The number of likely N-dealkylation sites (tertiary alicyclic amines) is 1. The van der Waals surface area contributed by atoms with Crippen molar-refractivity contribution in [2.45, 2.75) is 26.8 Å². The number of aryl methyl sites for hydroxylation is 1. The summed E-state index contributed by atoms with van der Waals surface area (Å²) in [7, 11) is 1.80. The van der Waals surface area contributed by atoms with Gasteiger partial charge >= 0.3 is 5.97 Å². The van der Waals surface area contributed by atoms with Crippen LogP contribution in [0, 0.1) is 11.8 Å². The molecule has 0 aliphatic carbocycles. The lowest BCUT2D eigenvalue weighted by Crippen LogP contribution is -2.38. The van der Waals surface area contributed by atoms with Crippen LogP contribution in [0.25, 0.3) is 0 Å². The molecule has 0 amide bonds. The highest BCUT2D eigenvalue weighted by Crippen LogP contribution is 2.24. The van der Waals surface area contributed by atoms with E-state index in [1.807, 2.05) is 0 Å². The Hall–Kier alpha value is -1.36. The Balaban J connectivity index is 2.10. The van der Waals surface area contributed by atoms with Gasteiger partial charge in [-0.15, -0.1) is 0 Å². The summed E-state index contributed by atoms with van der Waals surface area (Å²) in [6, 6.07) is 0. The lowest BCUT2D eigenvalue weighted by molar-refractivity contribution is 0.0692. The number of aromatic nitrogens is 2. The summed E-state index contributed by atoms with van der Waals surface area (Å²) in [6.45, 7) is 7.29. The molecule has 1 aromatic rings. The molecule has 1 fully saturated rings. The van der Waals surface area contributed by atoms with Crippen LogP contribution in [0.4, 0.5) is 0 Å². The van der Waals surface area contributed by atoms with Crippen LogP contribution >= 0.6 is 0 Å². The molecule has 1 aromatic heterocycles. The predicted molar refractivity (Wildman–Crippen MR) is 68.4 cm³/mol. The molecule has 1 N–H and O–H groups in total. The van der Waals surface area contributed by atoms with Gasteiger partial charge in [0.15, 0.2) is 0 Å². The number of carboxylic acids is 1. The molecule has 1 aliphatic rings. The number of carboxylic acid groups (broad SMARTS) is 1. The quantitative estimate of drug-likeness (QED) is 0.886. The smallest absolute Gasteiger partial charge is 0.339 e. The predicted octanol–water partition coefficient (Wildman–Crippen LogP) is 1.60. The Bertz CT molecular complexity index is 441. The van der Waals surface area contributed by atoms with E-state index in [2.05, 4.69) is 23.8 Å². The van der Waals surface area contributed by atoms with E-state index in [1.165, 1.54) is 12.6 Å². The second-order valence-electron chi connectivity index (χ2n) is 5.41. The van der Waals surface area contributed by atoms with Gasteiger partial charge < -0.3 is 5.11 Å². The first-order chi connectivity index (χ1) is 8.49. The van der Waals surface area contributed by atoms with Crippen molar-refractivity contribution in [3.05, 3.63) is 17.5 Å². The monoisotopic (exact) mass is 251 g/mol. The Morgan fingerprint density at radius 3 is 2.83 bits per heavy atom. The van der Waals surface area contributed by atoms with E-state index in [0.29, 0.717) is 18.0 Å². The third-order valence-electron chi connectivity index (χ3n) is 4.08. The zero-order valence-electron chi connectivity index (χ0n) is 11.3. The lowest BCUT2D eigenvalue weighted by Gasteiger charge is -2.35. The number of carbonyl (C=O) groups is 1. The van der Waals surface area contributed by atoms with Crippen molar-refractivity contribution in [1.82, 2.24) is 14.7 Å². The van der Waals surface area contributed by atoms with Crippen LogP contribution < -0.4 is 0 Å². The van der Waals surface area contributed by atoms with Gasteiger partial charge in [0.1, 0.15) is 5.56 Å².